The van der Waals surface area contributed by atoms with E-state index in [1.807, 2.05) is 0 Å². The molecule has 2 rings (SSSR count). The van der Waals surface area contributed by atoms with Crippen LogP contribution in [0.5, 0.6) is 0 Å². The Balaban J connectivity index is 2.28. The van der Waals surface area contributed by atoms with E-state index in [-0.39, 0.29) is 22.2 Å². The SMILES string of the molecule is Nc1nccc(C(=O)Nc2ncccc2Cl)c1F. The van der Waals surface area contributed by atoms with E-state index < -0.39 is 11.7 Å². The molecule has 0 aliphatic carbocycles. The van der Waals surface area contributed by atoms with Gasteiger partial charge < -0.3 is 11.1 Å². The zero-order valence-corrected chi connectivity index (χ0v) is 9.78. The number of hydrogen-bond donors (Lipinski definition) is 2. The molecule has 0 fully saturated rings. The predicted molar refractivity (Wildman–Crippen MR) is 65.8 cm³/mol. The first-order valence-corrected chi connectivity index (χ1v) is 5.29. The number of nitrogens with zero attached hydrogens (tertiary/aromatic N) is 2. The number of rotatable bonds is 2. The van der Waals surface area contributed by atoms with Gasteiger partial charge in [0, 0.05) is 12.4 Å². The summed E-state index contributed by atoms with van der Waals surface area (Å²) in [4.78, 5) is 19.2. The smallest absolute Gasteiger partial charge is 0.260 e. The molecule has 2 aromatic rings. The molecule has 0 spiro atoms. The van der Waals surface area contributed by atoms with Gasteiger partial charge in [-0.3, -0.25) is 4.79 Å². The molecule has 0 aliphatic heterocycles. The summed E-state index contributed by atoms with van der Waals surface area (Å²) >= 11 is 5.82. The first kappa shape index (κ1) is 12.3. The number of hydrogen-bond acceptors (Lipinski definition) is 4. The molecular formula is C11H8ClFN4O. The van der Waals surface area contributed by atoms with Gasteiger partial charge in [-0.2, -0.15) is 0 Å². The highest BCUT2D eigenvalue weighted by Crippen LogP contribution is 2.19. The second kappa shape index (κ2) is 4.97. The zero-order valence-electron chi connectivity index (χ0n) is 9.02. The maximum absolute atomic E-state index is 13.6. The molecule has 0 saturated heterocycles. The summed E-state index contributed by atoms with van der Waals surface area (Å²) in [5.41, 5.74) is 5.06. The second-order valence-electron chi connectivity index (χ2n) is 3.35. The van der Waals surface area contributed by atoms with E-state index >= 15 is 0 Å². The highest BCUT2D eigenvalue weighted by molar-refractivity contribution is 6.33. The molecule has 3 N–H and O–H groups in total. The zero-order chi connectivity index (χ0) is 13.1. The number of nitrogens with one attached hydrogen (secondary N) is 1. The van der Waals surface area contributed by atoms with Crippen LogP contribution < -0.4 is 11.1 Å². The Bertz CT molecular complexity index is 605. The Kier molecular flexibility index (Phi) is 3.38. The molecule has 0 unspecified atom stereocenters. The molecule has 0 atom stereocenters. The van der Waals surface area contributed by atoms with Gasteiger partial charge in [-0.05, 0) is 18.2 Å². The standard InChI is InChI=1S/C11H8ClFN4O/c12-7-2-1-4-16-10(7)17-11(18)6-3-5-15-9(14)8(6)13/h1-5H,(H2,14,15)(H,16,17,18). The lowest BCUT2D eigenvalue weighted by Crippen LogP contribution is -2.16. The average molecular weight is 267 g/mol. The van der Waals surface area contributed by atoms with Crippen molar-refractivity contribution in [2.24, 2.45) is 0 Å². The predicted octanol–water partition coefficient (Wildman–Crippen LogP) is 2.10. The second-order valence-corrected chi connectivity index (χ2v) is 3.75. The quantitative estimate of drug-likeness (QED) is 0.872. The van der Waals surface area contributed by atoms with E-state index in [0.29, 0.717) is 0 Å². The Morgan fingerprint density at radius 3 is 2.83 bits per heavy atom. The van der Waals surface area contributed by atoms with Crippen LogP contribution in [-0.4, -0.2) is 15.9 Å². The summed E-state index contributed by atoms with van der Waals surface area (Å²) in [6.45, 7) is 0. The topological polar surface area (TPSA) is 80.9 Å². The molecular weight excluding hydrogens is 259 g/mol. The maximum atomic E-state index is 13.6. The third-order valence-corrected chi connectivity index (χ3v) is 2.46. The van der Waals surface area contributed by atoms with Gasteiger partial charge >= 0.3 is 0 Å². The number of halogens is 2. The van der Waals surface area contributed by atoms with Gasteiger partial charge in [0.2, 0.25) is 0 Å². The molecule has 92 valence electrons. The molecule has 0 bridgehead atoms. The number of carbonyl (C=O) groups is 1. The minimum absolute atomic E-state index is 0.152. The third kappa shape index (κ3) is 2.38. The van der Waals surface area contributed by atoms with Crippen molar-refractivity contribution >= 4 is 29.1 Å². The monoisotopic (exact) mass is 266 g/mol. The fourth-order valence-corrected chi connectivity index (χ4v) is 1.46. The van der Waals surface area contributed by atoms with Crippen molar-refractivity contribution in [1.82, 2.24) is 9.97 Å². The minimum Gasteiger partial charge on any atom is -0.381 e. The van der Waals surface area contributed by atoms with E-state index in [1.165, 1.54) is 18.5 Å². The Morgan fingerprint density at radius 1 is 1.33 bits per heavy atom. The summed E-state index contributed by atoms with van der Waals surface area (Å²) in [6.07, 6.45) is 2.70. The molecule has 0 saturated carbocycles. The van der Waals surface area contributed by atoms with Gasteiger partial charge in [-0.15, -0.1) is 0 Å². The molecule has 18 heavy (non-hydrogen) atoms. The molecule has 2 aromatic heterocycles. The van der Waals surface area contributed by atoms with E-state index in [2.05, 4.69) is 15.3 Å². The number of anilines is 2. The molecule has 5 nitrogen and oxygen atoms in total. The van der Waals surface area contributed by atoms with E-state index in [1.54, 1.807) is 12.1 Å². The van der Waals surface area contributed by atoms with Crippen molar-refractivity contribution in [2.45, 2.75) is 0 Å². The highest BCUT2D eigenvalue weighted by Gasteiger charge is 2.15. The third-order valence-electron chi connectivity index (χ3n) is 2.15. The number of amides is 1. The molecule has 0 aromatic carbocycles. The fraction of sp³-hybridized carbons (Fsp3) is 0. The van der Waals surface area contributed by atoms with E-state index in [9.17, 15) is 9.18 Å². The number of pyridine rings is 2. The number of aromatic nitrogens is 2. The van der Waals surface area contributed by atoms with Crippen molar-refractivity contribution in [2.75, 3.05) is 11.1 Å². The van der Waals surface area contributed by atoms with Gasteiger partial charge in [0.1, 0.15) is 0 Å². The lowest BCUT2D eigenvalue weighted by atomic mass is 10.2. The summed E-state index contributed by atoms with van der Waals surface area (Å²) in [6, 6.07) is 4.39. The summed E-state index contributed by atoms with van der Waals surface area (Å²) in [7, 11) is 0. The van der Waals surface area contributed by atoms with Crippen LogP contribution in [0.4, 0.5) is 16.0 Å². The molecule has 0 radical (unpaired) electrons. The van der Waals surface area contributed by atoms with Crippen LogP contribution >= 0.6 is 11.6 Å². The minimum atomic E-state index is -0.873. The molecule has 1 amide bonds. The van der Waals surface area contributed by atoms with Gasteiger partial charge in [0.15, 0.2) is 17.5 Å². The Hall–Kier alpha value is -2.21. The van der Waals surface area contributed by atoms with Crippen molar-refractivity contribution in [3.63, 3.8) is 0 Å². The van der Waals surface area contributed by atoms with Crippen LogP contribution in [-0.2, 0) is 0 Å². The number of nitrogens with two attached hydrogens (primary N) is 1. The van der Waals surface area contributed by atoms with Crippen LogP contribution in [0, 0.1) is 5.82 Å². The van der Waals surface area contributed by atoms with E-state index in [0.717, 1.165) is 0 Å². The van der Waals surface area contributed by atoms with Gasteiger partial charge in [0.25, 0.3) is 5.91 Å². The Morgan fingerprint density at radius 2 is 2.11 bits per heavy atom. The first-order chi connectivity index (χ1) is 8.59. The Labute approximate surface area is 107 Å². The highest BCUT2D eigenvalue weighted by atomic mass is 35.5. The van der Waals surface area contributed by atoms with Gasteiger partial charge in [0.05, 0.1) is 10.6 Å². The normalized spacial score (nSPS) is 10.1. The summed E-state index contributed by atoms with van der Waals surface area (Å²) in [5.74, 6) is -1.75. The largest absolute Gasteiger partial charge is 0.381 e. The van der Waals surface area contributed by atoms with Crippen LogP contribution in [0.25, 0.3) is 0 Å². The molecule has 7 heteroatoms. The number of nitrogen functional groups attached to an aromatic ring is 1. The van der Waals surface area contributed by atoms with Crippen LogP contribution in [0.2, 0.25) is 5.02 Å². The van der Waals surface area contributed by atoms with Gasteiger partial charge in [-0.25, -0.2) is 14.4 Å². The van der Waals surface area contributed by atoms with E-state index in [4.69, 9.17) is 17.3 Å². The lowest BCUT2D eigenvalue weighted by Gasteiger charge is -2.07. The average Bonchev–Trinajstić information content (AvgIpc) is 2.35. The summed E-state index contributed by atoms with van der Waals surface area (Å²) in [5, 5.41) is 2.65. The molecule has 0 aliphatic rings. The van der Waals surface area contributed by atoms with Crippen molar-refractivity contribution in [3.8, 4) is 0 Å². The van der Waals surface area contributed by atoms with Crippen LogP contribution in [0.3, 0.4) is 0 Å². The number of carbonyl (C=O) groups excluding carboxylic acids is 1. The first-order valence-electron chi connectivity index (χ1n) is 4.91. The maximum Gasteiger partial charge on any atom is 0.260 e. The fourth-order valence-electron chi connectivity index (χ4n) is 1.29. The van der Waals surface area contributed by atoms with Crippen LogP contribution in [0.1, 0.15) is 10.4 Å². The molecule has 2 heterocycles. The van der Waals surface area contributed by atoms with Crippen molar-refractivity contribution in [3.05, 3.63) is 47.0 Å². The lowest BCUT2D eigenvalue weighted by molar-refractivity contribution is 0.102. The van der Waals surface area contributed by atoms with Crippen molar-refractivity contribution < 1.29 is 9.18 Å². The van der Waals surface area contributed by atoms with Crippen LogP contribution in [0.15, 0.2) is 30.6 Å². The van der Waals surface area contributed by atoms with Crippen molar-refractivity contribution in [1.29, 1.82) is 0 Å². The summed E-state index contributed by atoms with van der Waals surface area (Å²) < 4.78 is 13.6. The van der Waals surface area contributed by atoms with Gasteiger partial charge in [-0.1, -0.05) is 11.6 Å².